The Hall–Kier alpha value is -4.05. The number of ether oxygens (including phenoxy) is 4. The molecule has 9 heteroatoms. The van der Waals surface area contributed by atoms with Crippen molar-refractivity contribution < 1.29 is 42.9 Å². The number of hydrogen-bond acceptors (Lipinski definition) is 7. The van der Waals surface area contributed by atoms with Crippen LogP contribution in [0.15, 0.2) is 109 Å². The zero-order valence-electron chi connectivity index (χ0n) is 66.3. The maximum Gasteiger partial charge on any atom is 0.361 e. The number of esters is 2. The molecule has 578 valence electrons. The van der Waals surface area contributed by atoms with Crippen LogP contribution in [0.4, 0.5) is 0 Å². The molecular weight excluding hydrogens is 1230 g/mol. The molecule has 0 saturated carbocycles. The van der Waals surface area contributed by atoms with E-state index in [1.807, 2.05) is 21.1 Å². The summed E-state index contributed by atoms with van der Waals surface area (Å²) in [5.74, 6) is -2.00. The Kier molecular flexibility index (Phi) is 77.4. The predicted octanol–water partition coefficient (Wildman–Crippen LogP) is 27.7. The van der Waals surface area contributed by atoms with Crippen molar-refractivity contribution in [2.75, 3.05) is 47.5 Å². The highest BCUT2D eigenvalue weighted by molar-refractivity contribution is 5.71. The highest BCUT2D eigenvalue weighted by atomic mass is 16.7. The van der Waals surface area contributed by atoms with E-state index < -0.39 is 24.3 Å². The number of aliphatic carboxylic acids is 1. The Morgan fingerprint density at radius 2 is 0.570 bits per heavy atom. The molecule has 2 unspecified atom stereocenters. The lowest BCUT2D eigenvalue weighted by molar-refractivity contribution is -0.870. The van der Waals surface area contributed by atoms with Crippen LogP contribution in [0.1, 0.15) is 393 Å². The summed E-state index contributed by atoms with van der Waals surface area (Å²) < 4.78 is 23.1. The summed E-state index contributed by atoms with van der Waals surface area (Å²) in [5.41, 5.74) is 0. The van der Waals surface area contributed by atoms with Crippen LogP contribution in [0.3, 0.4) is 0 Å². The van der Waals surface area contributed by atoms with Crippen LogP contribution < -0.4 is 0 Å². The molecule has 0 aliphatic rings. The lowest BCUT2D eigenvalue weighted by Crippen LogP contribution is -2.40. The lowest BCUT2D eigenvalue weighted by Gasteiger charge is -2.25. The minimum absolute atomic E-state index is 0.184. The normalized spacial score (nSPS) is 13.2. The van der Waals surface area contributed by atoms with Crippen LogP contribution in [0.2, 0.25) is 0 Å². The summed E-state index contributed by atoms with van der Waals surface area (Å²) in [6.45, 7) is 4.81. The topological polar surface area (TPSA) is 108 Å². The molecule has 0 fully saturated rings. The van der Waals surface area contributed by atoms with E-state index in [1.54, 1.807) is 0 Å². The van der Waals surface area contributed by atoms with Gasteiger partial charge in [0.1, 0.15) is 13.2 Å². The molecule has 0 saturated heterocycles. The summed E-state index contributed by atoms with van der Waals surface area (Å²) in [5, 5.41) is 9.78. The summed E-state index contributed by atoms with van der Waals surface area (Å²) in [4.78, 5) is 37.8. The van der Waals surface area contributed by atoms with Gasteiger partial charge in [-0.2, -0.15) is 0 Å². The molecule has 2 atom stereocenters. The van der Waals surface area contributed by atoms with Gasteiger partial charge in [-0.1, -0.05) is 406 Å². The molecule has 9 nitrogen and oxygen atoms in total. The van der Waals surface area contributed by atoms with E-state index in [0.717, 1.165) is 103 Å². The maximum atomic E-state index is 13.0. The number of nitrogens with zero attached hydrogens (tertiary/aromatic N) is 1. The van der Waals surface area contributed by atoms with Crippen molar-refractivity contribution in [2.24, 2.45) is 0 Å². The smallest absolute Gasteiger partial charge is 0.361 e. The van der Waals surface area contributed by atoms with Gasteiger partial charge in [-0.25, -0.2) is 4.79 Å². The van der Waals surface area contributed by atoms with Crippen LogP contribution in [0.5, 0.6) is 0 Å². The maximum absolute atomic E-state index is 13.0. The number of quaternary nitrogens is 1. The van der Waals surface area contributed by atoms with E-state index in [0.29, 0.717) is 23.9 Å². The largest absolute Gasteiger partial charge is 0.477 e. The number of allylic oxidation sites excluding steroid dienone is 18. The van der Waals surface area contributed by atoms with E-state index in [1.165, 1.54) is 257 Å². The lowest BCUT2D eigenvalue weighted by atomic mass is 10.0. The molecule has 0 aromatic heterocycles. The Morgan fingerprint density at radius 3 is 0.850 bits per heavy atom. The standard InChI is InChI=1S/C91H161NO8/c1-6-8-10-12-14-16-18-20-22-24-26-28-30-32-34-36-38-40-42-44-46-47-49-51-53-55-57-59-61-63-65-67-69-71-73-75-77-79-81-88(93)98-85-87(86-99-91(90(95)96)97-84-83-92(3,4)5)100-89(94)82-80-78-76-74-72-70-68-66-64-62-60-58-56-54-52-50-48-45-43-41-39-37-35-33-31-29-27-25-23-21-19-17-15-13-11-9-7-2/h9,11,15,17,21,23,27,29,33,35,39,41,45,48,52,54,58,60,87,91H,6-8,10,12-14,16,18-20,22,24-26,28,30-32,34,36-38,40,42-44,46-47,49-51,53,55-57,59,61-86H2,1-5H3/p+1/b11-9-,17-15-,23-21-,29-27-,35-33-,41-39-,48-45-,54-52-,60-58-. The number of likely N-dealkylation sites (N-methyl/N-ethyl adjacent to an activating group) is 1. The average molecular weight is 1400 g/mol. The average Bonchev–Trinajstić information content (AvgIpc) is 1.14. The fourth-order valence-electron chi connectivity index (χ4n) is 12.4. The van der Waals surface area contributed by atoms with Crippen molar-refractivity contribution in [1.29, 1.82) is 0 Å². The number of carboxylic acid groups (broad SMARTS) is 1. The van der Waals surface area contributed by atoms with Crippen molar-refractivity contribution in [3.05, 3.63) is 109 Å². The molecule has 0 bridgehead atoms. The van der Waals surface area contributed by atoms with E-state index >= 15 is 0 Å². The quantitative estimate of drug-likeness (QED) is 0.0211. The summed E-state index contributed by atoms with van der Waals surface area (Å²) in [6.07, 6.45) is 111. The van der Waals surface area contributed by atoms with Crippen molar-refractivity contribution in [3.8, 4) is 0 Å². The van der Waals surface area contributed by atoms with Gasteiger partial charge in [-0.3, -0.25) is 9.59 Å². The molecule has 0 amide bonds. The molecule has 0 heterocycles. The fourth-order valence-corrected chi connectivity index (χ4v) is 12.4. The number of carbonyl (C=O) groups excluding carboxylic acids is 2. The Bertz CT molecular complexity index is 2020. The first-order valence-corrected chi connectivity index (χ1v) is 42.6. The van der Waals surface area contributed by atoms with Crippen molar-refractivity contribution in [3.63, 3.8) is 0 Å². The minimum atomic E-state index is -1.52. The first-order valence-electron chi connectivity index (χ1n) is 42.6. The van der Waals surface area contributed by atoms with Crippen LogP contribution in [0.25, 0.3) is 0 Å². The van der Waals surface area contributed by atoms with E-state index in [4.69, 9.17) is 18.9 Å². The molecule has 0 rings (SSSR count). The zero-order chi connectivity index (χ0) is 72.5. The van der Waals surface area contributed by atoms with Crippen LogP contribution in [-0.4, -0.2) is 87.4 Å². The molecule has 0 aromatic rings. The van der Waals surface area contributed by atoms with E-state index in [-0.39, 0.29) is 32.2 Å². The molecule has 100 heavy (non-hydrogen) atoms. The Balaban J connectivity index is 4.01. The molecule has 0 spiro atoms. The molecule has 0 radical (unpaired) electrons. The second-order valence-corrected chi connectivity index (χ2v) is 29.8. The van der Waals surface area contributed by atoms with Gasteiger partial charge in [0.05, 0.1) is 34.4 Å². The van der Waals surface area contributed by atoms with Gasteiger partial charge in [-0.15, -0.1) is 0 Å². The number of carbonyl (C=O) groups is 3. The molecule has 1 N–H and O–H groups in total. The molecule has 0 aliphatic carbocycles. The first kappa shape index (κ1) is 96.0. The minimum Gasteiger partial charge on any atom is -0.477 e. The van der Waals surface area contributed by atoms with E-state index in [9.17, 15) is 19.5 Å². The first-order chi connectivity index (χ1) is 49.1. The van der Waals surface area contributed by atoms with Gasteiger partial charge in [0, 0.05) is 12.8 Å². The summed E-state index contributed by atoms with van der Waals surface area (Å²) >= 11 is 0. The second-order valence-electron chi connectivity index (χ2n) is 29.8. The van der Waals surface area contributed by atoms with Crippen LogP contribution >= 0.6 is 0 Å². The highest BCUT2D eigenvalue weighted by Crippen LogP contribution is 2.20. The van der Waals surface area contributed by atoms with Gasteiger partial charge in [0.2, 0.25) is 0 Å². The SMILES string of the molecule is CC/C=C\C/C=C\C/C=C\C/C=C\C/C=C\C/C=C\C/C=C\C/C=C\C/C=C\CCCCCCCCCCCC(=O)OC(COC(=O)CCCCCCCCCCCCCCCCCCCCCCCCCCCCCCCCCCCCCCCC)COC(OCC[N+](C)(C)C)C(=O)O. The van der Waals surface area contributed by atoms with Gasteiger partial charge >= 0.3 is 17.9 Å². The van der Waals surface area contributed by atoms with Crippen LogP contribution in [0, 0.1) is 0 Å². The third kappa shape index (κ3) is 81.3. The number of rotatable bonds is 79. The highest BCUT2D eigenvalue weighted by Gasteiger charge is 2.25. The number of hydrogen-bond donors (Lipinski definition) is 1. The zero-order valence-corrected chi connectivity index (χ0v) is 66.3. The number of carboxylic acids is 1. The van der Waals surface area contributed by atoms with Crippen molar-refractivity contribution in [2.45, 2.75) is 405 Å². The van der Waals surface area contributed by atoms with Gasteiger partial charge in [0.25, 0.3) is 6.29 Å². The van der Waals surface area contributed by atoms with Crippen molar-refractivity contribution in [1.82, 2.24) is 0 Å². The third-order valence-electron chi connectivity index (χ3n) is 18.8. The summed E-state index contributed by atoms with van der Waals surface area (Å²) in [7, 11) is 5.99. The monoisotopic (exact) mass is 1400 g/mol. The van der Waals surface area contributed by atoms with Crippen LogP contribution in [-0.2, 0) is 33.3 Å². The predicted molar refractivity (Wildman–Crippen MR) is 433 cm³/mol. The molecule has 0 aliphatic heterocycles. The second kappa shape index (κ2) is 80.6. The Labute approximate surface area is 619 Å². The fraction of sp³-hybridized carbons (Fsp3) is 0.769. The number of unbranched alkanes of at least 4 members (excludes halogenated alkanes) is 46. The molecule has 0 aromatic carbocycles. The Morgan fingerprint density at radius 1 is 0.310 bits per heavy atom. The van der Waals surface area contributed by atoms with Gasteiger partial charge in [0.15, 0.2) is 6.10 Å². The third-order valence-corrected chi connectivity index (χ3v) is 18.8. The van der Waals surface area contributed by atoms with E-state index in [2.05, 4.69) is 123 Å². The van der Waals surface area contributed by atoms with Crippen molar-refractivity contribution >= 4 is 17.9 Å². The van der Waals surface area contributed by atoms with Gasteiger partial charge < -0.3 is 28.5 Å². The van der Waals surface area contributed by atoms with Gasteiger partial charge in [-0.05, 0) is 83.5 Å². The summed E-state index contributed by atoms with van der Waals surface area (Å²) in [6, 6.07) is 0. The molecular formula is C91H162NO8+.